The van der Waals surface area contributed by atoms with Crippen molar-refractivity contribution in [3.05, 3.63) is 35.9 Å². The summed E-state index contributed by atoms with van der Waals surface area (Å²) in [6, 6.07) is 9.97. The molecule has 15 heavy (non-hydrogen) atoms. The van der Waals surface area contributed by atoms with Gasteiger partial charge in [-0.3, -0.25) is 4.79 Å². The predicted molar refractivity (Wildman–Crippen MR) is 58.5 cm³/mol. The second-order valence-electron chi connectivity index (χ2n) is 3.29. The lowest BCUT2D eigenvalue weighted by atomic mass is 10.1. The first kappa shape index (κ1) is 11.4. The van der Waals surface area contributed by atoms with Crippen molar-refractivity contribution in [2.24, 2.45) is 0 Å². The molecule has 0 saturated heterocycles. The van der Waals surface area contributed by atoms with Crippen LogP contribution in [0.5, 0.6) is 0 Å². The van der Waals surface area contributed by atoms with Crippen LogP contribution in [0, 0.1) is 0 Å². The van der Waals surface area contributed by atoms with Crippen LogP contribution >= 0.6 is 0 Å². The largest absolute Gasteiger partial charge is 0.356 e. The lowest BCUT2D eigenvalue weighted by Crippen LogP contribution is -2.25. The minimum Gasteiger partial charge on any atom is -0.356 e. The predicted octanol–water partition coefficient (Wildman–Crippen LogP) is 1.32. The van der Waals surface area contributed by atoms with Gasteiger partial charge in [-0.1, -0.05) is 30.3 Å². The van der Waals surface area contributed by atoms with Crippen molar-refractivity contribution in [2.75, 3.05) is 6.54 Å². The fourth-order valence-electron chi connectivity index (χ4n) is 1.27. The molecule has 3 nitrogen and oxygen atoms in total. The maximum absolute atomic E-state index is 11.1. The van der Waals surface area contributed by atoms with E-state index in [1.807, 2.05) is 30.3 Å². The molecule has 80 valence electrons. The summed E-state index contributed by atoms with van der Waals surface area (Å²) in [4.78, 5) is 21.1. The number of carbonyl (C=O) groups is 2. The molecule has 0 aliphatic rings. The monoisotopic (exact) mass is 205 g/mol. The van der Waals surface area contributed by atoms with Crippen LogP contribution in [-0.4, -0.2) is 18.7 Å². The Labute approximate surface area is 89.5 Å². The molecule has 1 aromatic carbocycles. The molecule has 1 aromatic rings. The summed E-state index contributed by atoms with van der Waals surface area (Å²) in [5, 5.41) is 2.77. The molecule has 0 spiro atoms. The molecule has 0 radical (unpaired) electrons. The Kier molecular flexibility index (Phi) is 5.15. The number of amides is 1. The quantitative estimate of drug-likeness (QED) is 0.712. The first-order valence-corrected chi connectivity index (χ1v) is 5.07. The molecule has 0 unspecified atom stereocenters. The highest BCUT2D eigenvalue weighted by Gasteiger charge is 1.99. The summed E-state index contributed by atoms with van der Waals surface area (Å²) in [5.74, 6) is -0.0574. The molecule has 1 N–H and O–H groups in total. The van der Waals surface area contributed by atoms with E-state index in [9.17, 15) is 9.59 Å². The highest BCUT2D eigenvalue weighted by Crippen LogP contribution is 1.98. The Morgan fingerprint density at radius 1 is 1.27 bits per heavy atom. The number of nitrogens with one attached hydrogen (secondary N) is 1. The third-order valence-electron chi connectivity index (χ3n) is 2.07. The maximum Gasteiger partial charge on any atom is 0.220 e. The fraction of sp³-hybridized carbons (Fsp3) is 0.333. The Balaban J connectivity index is 2.16. The average molecular weight is 205 g/mol. The van der Waals surface area contributed by atoms with Crippen molar-refractivity contribution in [2.45, 2.75) is 19.3 Å². The molecule has 0 bridgehead atoms. The van der Waals surface area contributed by atoms with Gasteiger partial charge >= 0.3 is 0 Å². The van der Waals surface area contributed by atoms with E-state index in [4.69, 9.17) is 0 Å². The van der Waals surface area contributed by atoms with Gasteiger partial charge in [0.2, 0.25) is 5.91 Å². The minimum atomic E-state index is -0.0574. The van der Waals surface area contributed by atoms with Gasteiger partial charge in [0, 0.05) is 19.4 Å². The van der Waals surface area contributed by atoms with Crippen LogP contribution in [0.25, 0.3) is 0 Å². The van der Waals surface area contributed by atoms with Gasteiger partial charge in [0.1, 0.15) is 6.29 Å². The third kappa shape index (κ3) is 4.96. The van der Waals surface area contributed by atoms with Crippen LogP contribution < -0.4 is 5.32 Å². The first-order valence-electron chi connectivity index (χ1n) is 5.07. The van der Waals surface area contributed by atoms with Crippen molar-refractivity contribution in [3.8, 4) is 0 Å². The van der Waals surface area contributed by atoms with Crippen LogP contribution in [0.15, 0.2) is 30.3 Å². The van der Waals surface area contributed by atoms with Gasteiger partial charge in [-0.25, -0.2) is 0 Å². The van der Waals surface area contributed by atoms with E-state index in [0.717, 1.165) is 12.7 Å². The Bertz CT molecular complexity index is 309. The van der Waals surface area contributed by atoms with Gasteiger partial charge in [0.25, 0.3) is 0 Å². The van der Waals surface area contributed by atoms with Crippen molar-refractivity contribution < 1.29 is 9.59 Å². The highest BCUT2D eigenvalue weighted by atomic mass is 16.1. The van der Waals surface area contributed by atoms with Crippen LogP contribution in [0.3, 0.4) is 0 Å². The molecular formula is C12H15NO2. The van der Waals surface area contributed by atoms with Gasteiger partial charge < -0.3 is 10.1 Å². The molecule has 0 aliphatic carbocycles. The molecule has 0 aliphatic heterocycles. The van der Waals surface area contributed by atoms with E-state index in [1.54, 1.807) is 0 Å². The van der Waals surface area contributed by atoms with Crippen molar-refractivity contribution in [3.63, 3.8) is 0 Å². The smallest absolute Gasteiger partial charge is 0.220 e. The summed E-state index contributed by atoms with van der Waals surface area (Å²) in [5.41, 5.74) is 1.20. The summed E-state index contributed by atoms with van der Waals surface area (Å²) < 4.78 is 0. The molecule has 3 heteroatoms. The second kappa shape index (κ2) is 6.76. The molecule has 0 aromatic heterocycles. The van der Waals surface area contributed by atoms with Crippen LogP contribution in [0.2, 0.25) is 0 Å². The number of rotatable bonds is 6. The number of aldehydes is 1. The van der Waals surface area contributed by atoms with Gasteiger partial charge in [-0.2, -0.15) is 0 Å². The van der Waals surface area contributed by atoms with Gasteiger partial charge in [-0.05, 0) is 12.0 Å². The number of hydrogen-bond donors (Lipinski definition) is 1. The van der Waals surface area contributed by atoms with Crippen molar-refractivity contribution in [1.29, 1.82) is 0 Å². The van der Waals surface area contributed by atoms with Crippen LogP contribution in [0.4, 0.5) is 0 Å². The van der Waals surface area contributed by atoms with E-state index in [-0.39, 0.29) is 12.3 Å². The SMILES string of the molecule is O=CCCC(=O)NCCc1ccccc1. The minimum absolute atomic E-state index is 0.0574. The van der Waals surface area contributed by atoms with E-state index in [0.29, 0.717) is 13.0 Å². The van der Waals surface area contributed by atoms with Crippen molar-refractivity contribution in [1.82, 2.24) is 5.32 Å². The zero-order chi connectivity index (χ0) is 10.9. The molecule has 1 amide bonds. The maximum atomic E-state index is 11.1. The van der Waals surface area contributed by atoms with Gasteiger partial charge in [0.15, 0.2) is 0 Å². The van der Waals surface area contributed by atoms with E-state index in [2.05, 4.69) is 5.32 Å². The molecule has 0 fully saturated rings. The number of carbonyl (C=O) groups excluding carboxylic acids is 2. The molecular weight excluding hydrogens is 190 g/mol. The highest BCUT2D eigenvalue weighted by molar-refractivity contribution is 5.77. The lowest BCUT2D eigenvalue weighted by Gasteiger charge is -2.03. The average Bonchev–Trinajstić information content (AvgIpc) is 2.28. The molecule has 0 saturated carbocycles. The lowest BCUT2D eigenvalue weighted by molar-refractivity contribution is -0.122. The summed E-state index contributed by atoms with van der Waals surface area (Å²) in [7, 11) is 0. The zero-order valence-electron chi connectivity index (χ0n) is 8.61. The van der Waals surface area contributed by atoms with Gasteiger partial charge in [0.05, 0.1) is 0 Å². The second-order valence-corrected chi connectivity index (χ2v) is 3.29. The first-order chi connectivity index (χ1) is 7.33. The normalized spacial score (nSPS) is 9.60. The van der Waals surface area contributed by atoms with Crippen LogP contribution in [0.1, 0.15) is 18.4 Å². The Morgan fingerprint density at radius 2 is 2.00 bits per heavy atom. The van der Waals surface area contributed by atoms with E-state index < -0.39 is 0 Å². The number of benzene rings is 1. The van der Waals surface area contributed by atoms with Crippen molar-refractivity contribution >= 4 is 12.2 Å². The van der Waals surface area contributed by atoms with Crippen LogP contribution in [-0.2, 0) is 16.0 Å². The molecule has 1 rings (SSSR count). The summed E-state index contributed by atoms with van der Waals surface area (Å²) >= 11 is 0. The van der Waals surface area contributed by atoms with Gasteiger partial charge in [-0.15, -0.1) is 0 Å². The number of hydrogen-bond acceptors (Lipinski definition) is 2. The standard InChI is InChI=1S/C12H15NO2/c14-10-4-7-12(15)13-9-8-11-5-2-1-3-6-11/h1-3,5-6,10H,4,7-9H2,(H,13,15). The summed E-state index contributed by atoms with van der Waals surface area (Å²) in [6.45, 7) is 0.627. The summed E-state index contributed by atoms with van der Waals surface area (Å²) in [6.07, 6.45) is 2.18. The molecule has 0 atom stereocenters. The van der Waals surface area contributed by atoms with E-state index in [1.165, 1.54) is 5.56 Å². The topological polar surface area (TPSA) is 46.2 Å². The third-order valence-corrected chi connectivity index (χ3v) is 2.07. The Morgan fingerprint density at radius 3 is 2.67 bits per heavy atom. The Hall–Kier alpha value is -1.64. The van der Waals surface area contributed by atoms with E-state index >= 15 is 0 Å². The molecule has 0 heterocycles. The fourth-order valence-corrected chi connectivity index (χ4v) is 1.27. The zero-order valence-corrected chi connectivity index (χ0v) is 8.61.